The summed E-state index contributed by atoms with van der Waals surface area (Å²) in [5, 5.41) is 0. The van der Waals surface area contributed by atoms with Crippen LogP contribution in [0.25, 0.3) is 0 Å². The summed E-state index contributed by atoms with van der Waals surface area (Å²) in [7, 11) is 0. The fourth-order valence-electron chi connectivity index (χ4n) is 2.45. The van der Waals surface area contributed by atoms with E-state index in [1.807, 2.05) is 38.1 Å². The molecule has 0 saturated heterocycles. The number of carbonyl (C=O) groups excluding carboxylic acids is 1. The predicted octanol–water partition coefficient (Wildman–Crippen LogP) is 2.99. The van der Waals surface area contributed by atoms with Gasteiger partial charge in [0.25, 0.3) is 0 Å². The van der Waals surface area contributed by atoms with E-state index in [9.17, 15) is 4.79 Å². The maximum absolute atomic E-state index is 12.3. The van der Waals surface area contributed by atoms with Crippen molar-refractivity contribution < 1.29 is 9.53 Å². The number of pyridine rings is 1. The van der Waals surface area contributed by atoms with Crippen LogP contribution in [0.5, 0.6) is 5.75 Å². The van der Waals surface area contributed by atoms with Gasteiger partial charge in [0.2, 0.25) is 0 Å². The first kappa shape index (κ1) is 12.7. The minimum absolute atomic E-state index is 0.0525. The molecule has 102 valence electrons. The first-order valence-corrected chi connectivity index (χ1v) is 6.58. The van der Waals surface area contributed by atoms with E-state index in [2.05, 4.69) is 4.98 Å². The number of carbonyl (C=O) groups is 1. The van der Waals surface area contributed by atoms with Crippen LogP contribution in [0.2, 0.25) is 0 Å². The molecule has 1 aromatic heterocycles. The minimum atomic E-state index is -0.361. The van der Waals surface area contributed by atoms with E-state index >= 15 is 0 Å². The number of ether oxygens (including phenoxy) is 1. The maximum Gasteiger partial charge on any atom is 0.170 e. The Morgan fingerprint density at radius 3 is 2.85 bits per heavy atom. The van der Waals surface area contributed by atoms with E-state index in [4.69, 9.17) is 10.5 Å². The van der Waals surface area contributed by atoms with Crippen molar-refractivity contribution in [3.8, 4) is 5.75 Å². The van der Waals surface area contributed by atoms with Crippen molar-refractivity contribution in [1.29, 1.82) is 0 Å². The number of Topliss-reactive ketones (excluding diaryl/α,β-unsaturated/α-hetero) is 1. The molecule has 0 saturated carbocycles. The number of anilines is 1. The molecule has 2 heterocycles. The molecule has 0 radical (unpaired) electrons. The standard InChI is InChI=1S/C16H16N2O2/c1-9-7-11-13(19)8-14(12-5-3-4-6-18-12)20-16(11)15(17)10(9)2/h3-7,14H,8,17H2,1-2H3. The lowest BCUT2D eigenvalue weighted by atomic mass is 9.94. The molecule has 1 aliphatic rings. The Balaban J connectivity index is 2.07. The van der Waals surface area contributed by atoms with Crippen molar-refractivity contribution in [3.63, 3.8) is 0 Å². The summed E-state index contributed by atoms with van der Waals surface area (Å²) in [6.07, 6.45) is 1.63. The molecular formula is C16H16N2O2. The summed E-state index contributed by atoms with van der Waals surface area (Å²) < 4.78 is 5.95. The van der Waals surface area contributed by atoms with E-state index < -0.39 is 0 Å². The highest BCUT2D eigenvalue weighted by Crippen LogP contribution is 2.40. The topological polar surface area (TPSA) is 65.2 Å². The fraction of sp³-hybridized carbons (Fsp3) is 0.250. The Bertz CT molecular complexity index is 681. The van der Waals surface area contributed by atoms with Gasteiger partial charge < -0.3 is 10.5 Å². The zero-order valence-corrected chi connectivity index (χ0v) is 11.5. The monoisotopic (exact) mass is 268 g/mol. The summed E-state index contributed by atoms with van der Waals surface area (Å²) in [6.45, 7) is 3.88. The Kier molecular flexibility index (Phi) is 2.93. The van der Waals surface area contributed by atoms with Gasteiger partial charge in [-0.15, -0.1) is 0 Å². The third kappa shape index (κ3) is 1.93. The van der Waals surface area contributed by atoms with Gasteiger partial charge in [0.15, 0.2) is 11.5 Å². The smallest absolute Gasteiger partial charge is 0.170 e. The number of aromatic nitrogens is 1. The van der Waals surface area contributed by atoms with E-state index in [0.29, 0.717) is 23.4 Å². The van der Waals surface area contributed by atoms with Crippen LogP contribution in [0.4, 0.5) is 5.69 Å². The molecule has 0 bridgehead atoms. The molecule has 1 atom stereocenters. The number of ketones is 1. The highest BCUT2D eigenvalue weighted by Gasteiger charge is 2.30. The number of fused-ring (bicyclic) bond motifs is 1. The first-order valence-electron chi connectivity index (χ1n) is 6.58. The van der Waals surface area contributed by atoms with Crippen molar-refractivity contribution in [1.82, 2.24) is 4.98 Å². The van der Waals surface area contributed by atoms with Crippen molar-refractivity contribution in [2.45, 2.75) is 26.4 Å². The number of benzene rings is 1. The van der Waals surface area contributed by atoms with Crippen molar-refractivity contribution in [2.24, 2.45) is 0 Å². The molecule has 4 heteroatoms. The molecule has 20 heavy (non-hydrogen) atoms. The Morgan fingerprint density at radius 2 is 2.15 bits per heavy atom. The van der Waals surface area contributed by atoms with Crippen LogP contribution in [-0.4, -0.2) is 10.8 Å². The Hall–Kier alpha value is -2.36. The average molecular weight is 268 g/mol. The summed E-state index contributed by atoms with van der Waals surface area (Å²) in [5.74, 6) is 0.553. The number of hydrogen-bond acceptors (Lipinski definition) is 4. The van der Waals surface area contributed by atoms with Crippen molar-refractivity contribution >= 4 is 11.5 Å². The molecule has 3 rings (SSSR count). The first-order chi connectivity index (χ1) is 9.58. The van der Waals surface area contributed by atoms with Crippen LogP contribution in [-0.2, 0) is 0 Å². The second-order valence-electron chi connectivity index (χ2n) is 5.10. The van der Waals surface area contributed by atoms with E-state index in [-0.39, 0.29) is 11.9 Å². The quantitative estimate of drug-likeness (QED) is 0.807. The third-order valence-corrected chi connectivity index (χ3v) is 3.79. The van der Waals surface area contributed by atoms with Crippen molar-refractivity contribution in [2.75, 3.05) is 5.73 Å². The van der Waals surface area contributed by atoms with Gasteiger partial charge >= 0.3 is 0 Å². The molecule has 0 fully saturated rings. The molecular weight excluding hydrogens is 252 g/mol. The highest BCUT2D eigenvalue weighted by molar-refractivity contribution is 6.02. The largest absolute Gasteiger partial charge is 0.481 e. The molecule has 1 unspecified atom stereocenters. The number of nitrogens with zero attached hydrogens (tertiary/aromatic N) is 1. The van der Waals surface area contributed by atoms with Crippen LogP contribution >= 0.6 is 0 Å². The fourth-order valence-corrected chi connectivity index (χ4v) is 2.45. The molecule has 0 amide bonds. The van der Waals surface area contributed by atoms with Gasteiger partial charge in [-0.05, 0) is 43.2 Å². The Labute approximate surface area is 117 Å². The average Bonchev–Trinajstić information content (AvgIpc) is 2.47. The van der Waals surface area contributed by atoms with Gasteiger partial charge in [-0.25, -0.2) is 0 Å². The second kappa shape index (κ2) is 4.63. The van der Waals surface area contributed by atoms with Gasteiger partial charge in [0.05, 0.1) is 23.4 Å². The number of rotatable bonds is 1. The number of hydrogen-bond donors (Lipinski definition) is 1. The summed E-state index contributed by atoms with van der Waals surface area (Å²) in [5.41, 5.74) is 9.96. The van der Waals surface area contributed by atoms with E-state index in [0.717, 1.165) is 16.8 Å². The zero-order valence-electron chi connectivity index (χ0n) is 11.5. The van der Waals surface area contributed by atoms with Gasteiger partial charge in [-0.2, -0.15) is 0 Å². The lowest BCUT2D eigenvalue weighted by Gasteiger charge is -2.27. The van der Waals surface area contributed by atoms with Crippen molar-refractivity contribution in [3.05, 3.63) is 52.8 Å². The normalized spacial score (nSPS) is 17.5. The molecule has 1 aromatic carbocycles. The zero-order chi connectivity index (χ0) is 14.3. The highest BCUT2D eigenvalue weighted by atomic mass is 16.5. The summed E-state index contributed by atoms with van der Waals surface area (Å²) in [4.78, 5) is 16.6. The van der Waals surface area contributed by atoms with E-state index in [1.54, 1.807) is 6.20 Å². The summed E-state index contributed by atoms with van der Waals surface area (Å²) in [6, 6.07) is 7.44. The van der Waals surface area contributed by atoms with Gasteiger partial charge in [0.1, 0.15) is 6.10 Å². The predicted molar refractivity (Wildman–Crippen MR) is 76.9 cm³/mol. The van der Waals surface area contributed by atoms with Gasteiger partial charge in [0, 0.05) is 6.20 Å². The molecule has 2 N–H and O–H groups in total. The van der Waals surface area contributed by atoms with Gasteiger partial charge in [-0.3, -0.25) is 9.78 Å². The maximum atomic E-state index is 12.3. The summed E-state index contributed by atoms with van der Waals surface area (Å²) >= 11 is 0. The number of aryl methyl sites for hydroxylation is 1. The third-order valence-electron chi connectivity index (χ3n) is 3.79. The van der Waals surface area contributed by atoms with Crippen LogP contribution in [0, 0.1) is 13.8 Å². The lowest BCUT2D eigenvalue weighted by molar-refractivity contribution is 0.0846. The molecule has 0 spiro atoms. The molecule has 2 aromatic rings. The molecule has 1 aliphatic heterocycles. The SMILES string of the molecule is Cc1cc2c(c(N)c1C)OC(c1ccccn1)CC2=O. The van der Waals surface area contributed by atoms with E-state index in [1.165, 1.54) is 0 Å². The van der Waals surface area contributed by atoms with Crippen LogP contribution in [0.15, 0.2) is 30.5 Å². The number of nitrogen functional groups attached to an aromatic ring is 1. The van der Waals surface area contributed by atoms with Crippen LogP contribution in [0.1, 0.15) is 39.7 Å². The molecule has 0 aliphatic carbocycles. The second-order valence-corrected chi connectivity index (χ2v) is 5.10. The lowest BCUT2D eigenvalue weighted by Crippen LogP contribution is -2.22. The van der Waals surface area contributed by atoms with Crippen LogP contribution in [0.3, 0.4) is 0 Å². The van der Waals surface area contributed by atoms with Crippen LogP contribution < -0.4 is 10.5 Å². The molecule has 4 nitrogen and oxygen atoms in total. The minimum Gasteiger partial charge on any atom is -0.481 e. The Morgan fingerprint density at radius 1 is 1.35 bits per heavy atom. The van der Waals surface area contributed by atoms with Gasteiger partial charge in [-0.1, -0.05) is 6.07 Å². The number of nitrogens with two attached hydrogens (primary N) is 1.